The van der Waals surface area contributed by atoms with E-state index in [2.05, 4.69) is 0 Å². The predicted molar refractivity (Wildman–Crippen MR) is 95.6 cm³/mol. The number of fused-ring (bicyclic) bond motifs is 2. The normalized spacial score (nSPS) is 13.8. The second-order valence-corrected chi connectivity index (χ2v) is 6.80. The monoisotopic (exact) mass is 374 g/mol. The molecule has 0 N–H and O–H groups in total. The first-order valence-electron chi connectivity index (χ1n) is 8.35. The van der Waals surface area contributed by atoms with Crippen LogP contribution in [0.2, 0.25) is 5.02 Å². The van der Waals surface area contributed by atoms with Gasteiger partial charge in [-0.3, -0.25) is 9.36 Å². The average Bonchev–Trinajstić information content (AvgIpc) is 2.93. The van der Waals surface area contributed by atoms with Crippen molar-refractivity contribution in [3.8, 4) is 0 Å². The largest absolute Gasteiger partial charge is 0.419 e. The molecule has 0 unspecified atom stereocenters. The Balaban J connectivity index is 1.47. The second-order valence-electron chi connectivity index (χ2n) is 6.36. The molecule has 0 spiro atoms. The van der Waals surface area contributed by atoms with Crippen molar-refractivity contribution in [2.45, 2.75) is 25.9 Å². The number of rotatable bonds is 3. The van der Waals surface area contributed by atoms with Gasteiger partial charge in [-0.1, -0.05) is 17.7 Å². The number of hydrogen-bond acceptors (Lipinski definition) is 3. The molecule has 1 amide bonds. The number of hydrogen-bond donors (Lipinski definition) is 0. The van der Waals surface area contributed by atoms with Crippen LogP contribution >= 0.6 is 11.6 Å². The zero-order valence-electron chi connectivity index (χ0n) is 13.9. The number of amides is 1. The van der Waals surface area contributed by atoms with E-state index in [0.717, 1.165) is 11.1 Å². The third-order valence-corrected chi connectivity index (χ3v) is 4.95. The SMILES string of the molecule is O=C(CCn1c(=O)oc2cc(Cl)ccc21)N1CCc2cc(F)ccc2C1. The lowest BCUT2D eigenvalue weighted by Gasteiger charge is -2.29. The van der Waals surface area contributed by atoms with Crippen LogP contribution in [-0.4, -0.2) is 21.9 Å². The molecule has 0 saturated carbocycles. The van der Waals surface area contributed by atoms with E-state index in [9.17, 15) is 14.0 Å². The van der Waals surface area contributed by atoms with E-state index in [1.165, 1.54) is 16.7 Å². The Labute approximate surface area is 153 Å². The molecule has 134 valence electrons. The molecule has 1 aliphatic heterocycles. The third kappa shape index (κ3) is 3.12. The number of benzene rings is 2. The van der Waals surface area contributed by atoms with Crippen LogP contribution in [0.3, 0.4) is 0 Å². The van der Waals surface area contributed by atoms with Gasteiger partial charge >= 0.3 is 5.76 Å². The van der Waals surface area contributed by atoms with Gasteiger partial charge in [-0.05, 0) is 41.8 Å². The van der Waals surface area contributed by atoms with Gasteiger partial charge in [0.25, 0.3) is 0 Å². The van der Waals surface area contributed by atoms with Crippen molar-refractivity contribution >= 4 is 28.6 Å². The number of carbonyl (C=O) groups excluding carboxylic acids is 1. The lowest BCUT2D eigenvalue weighted by atomic mass is 9.99. The first-order valence-corrected chi connectivity index (χ1v) is 8.73. The zero-order chi connectivity index (χ0) is 18.3. The highest BCUT2D eigenvalue weighted by atomic mass is 35.5. The topological polar surface area (TPSA) is 55.5 Å². The molecule has 2 heterocycles. The maximum absolute atomic E-state index is 13.3. The summed E-state index contributed by atoms with van der Waals surface area (Å²) in [4.78, 5) is 26.3. The smallest absolute Gasteiger partial charge is 0.408 e. The summed E-state index contributed by atoms with van der Waals surface area (Å²) >= 11 is 5.90. The molecule has 7 heteroatoms. The molecule has 0 radical (unpaired) electrons. The van der Waals surface area contributed by atoms with Gasteiger partial charge in [0, 0.05) is 37.1 Å². The van der Waals surface area contributed by atoms with E-state index in [1.54, 1.807) is 29.2 Å². The molecular formula is C19H16ClFN2O3. The molecule has 0 atom stereocenters. The van der Waals surface area contributed by atoms with E-state index >= 15 is 0 Å². The van der Waals surface area contributed by atoms with Crippen molar-refractivity contribution < 1.29 is 13.6 Å². The molecule has 4 rings (SSSR count). The van der Waals surface area contributed by atoms with E-state index in [0.29, 0.717) is 35.6 Å². The molecule has 5 nitrogen and oxygen atoms in total. The third-order valence-electron chi connectivity index (χ3n) is 4.71. The highest BCUT2D eigenvalue weighted by Crippen LogP contribution is 2.21. The molecule has 26 heavy (non-hydrogen) atoms. The lowest BCUT2D eigenvalue weighted by molar-refractivity contribution is -0.132. The summed E-state index contributed by atoms with van der Waals surface area (Å²) in [6.45, 7) is 1.25. The maximum atomic E-state index is 13.3. The van der Waals surface area contributed by atoms with Crippen LogP contribution in [-0.2, 0) is 24.3 Å². The lowest BCUT2D eigenvalue weighted by Crippen LogP contribution is -2.36. The minimum atomic E-state index is -0.505. The van der Waals surface area contributed by atoms with Crippen molar-refractivity contribution in [2.24, 2.45) is 0 Å². The fourth-order valence-corrected chi connectivity index (χ4v) is 3.51. The van der Waals surface area contributed by atoms with Crippen molar-refractivity contribution in [1.29, 1.82) is 0 Å². The van der Waals surface area contributed by atoms with Crippen molar-refractivity contribution in [1.82, 2.24) is 9.47 Å². The van der Waals surface area contributed by atoms with E-state index < -0.39 is 5.76 Å². The average molecular weight is 375 g/mol. The Morgan fingerprint density at radius 3 is 2.88 bits per heavy atom. The van der Waals surface area contributed by atoms with Crippen LogP contribution in [0.5, 0.6) is 0 Å². The molecule has 0 aliphatic carbocycles. The number of halogens is 2. The fraction of sp³-hybridized carbons (Fsp3) is 0.263. The van der Waals surface area contributed by atoms with Crippen molar-refractivity contribution in [2.75, 3.05) is 6.54 Å². The Morgan fingerprint density at radius 1 is 1.19 bits per heavy atom. The van der Waals surface area contributed by atoms with Crippen LogP contribution in [0.25, 0.3) is 11.1 Å². The van der Waals surface area contributed by atoms with Crippen LogP contribution < -0.4 is 5.76 Å². The maximum Gasteiger partial charge on any atom is 0.419 e. The molecular weight excluding hydrogens is 359 g/mol. The second kappa shape index (κ2) is 6.61. The standard InChI is InChI=1S/C19H16ClFN2O3/c20-14-2-4-16-17(10-14)26-19(25)23(16)8-6-18(24)22-7-5-12-9-15(21)3-1-13(12)11-22/h1-4,9-10H,5-8,11H2. The van der Waals surface area contributed by atoms with Gasteiger partial charge in [0.2, 0.25) is 5.91 Å². The molecule has 1 aromatic heterocycles. The van der Waals surface area contributed by atoms with E-state index in [1.807, 2.05) is 0 Å². The number of oxazole rings is 1. The highest BCUT2D eigenvalue weighted by Gasteiger charge is 2.21. The summed E-state index contributed by atoms with van der Waals surface area (Å²) < 4.78 is 19.9. The number of carbonyl (C=O) groups is 1. The first kappa shape index (κ1) is 16.8. The van der Waals surface area contributed by atoms with Crippen molar-refractivity contribution in [3.63, 3.8) is 0 Å². The van der Waals surface area contributed by atoms with Gasteiger partial charge in [-0.25, -0.2) is 9.18 Å². The summed E-state index contributed by atoms with van der Waals surface area (Å²) in [5, 5.41) is 0.484. The van der Waals surface area contributed by atoms with Crippen LogP contribution in [0.4, 0.5) is 4.39 Å². The summed E-state index contributed by atoms with van der Waals surface area (Å²) in [6, 6.07) is 9.63. The molecule has 0 saturated heterocycles. The predicted octanol–water partition coefficient (Wildman–Crippen LogP) is 3.36. The zero-order valence-corrected chi connectivity index (χ0v) is 14.6. The molecule has 0 fully saturated rings. The van der Waals surface area contributed by atoms with Crippen LogP contribution in [0, 0.1) is 5.82 Å². The molecule has 2 aromatic carbocycles. The highest BCUT2D eigenvalue weighted by molar-refractivity contribution is 6.31. The molecule has 1 aliphatic rings. The van der Waals surface area contributed by atoms with E-state index in [-0.39, 0.29) is 24.7 Å². The van der Waals surface area contributed by atoms with Gasteiger partial charge in [-0.15, -0.1) is 0 Å². The van der Waals surface area contributed by atoms with Gasteiger partial charge in [0.1, 0.15) is 5.82 Å². The van der Waals surface area contributed by atoms with Gasteiger partial charge < -0.3 is 9.32 Å². The van der Waals surface area contributed by atoms with Crippen LogP contribution in [0.15, 0.2) is 45.6 Å². The van der Waals surface area contributed by atoms with Crippen molar-refractivity contribution in [3.05, 3.63) is 68.9 Å². The summed E-state index contributed by atoms with van der Waals surface area (Å²) in [5.41, 5.74) is 2.94. The van der Waals surface area contributed by atoms with Crippen LogP contribution in [0.1, 0.15) is 17.5 Å². The Kier molecular flexibility index (Phi) is 4.28. The minimum Gasteiger partial charge on any atom is -0.408 e. The number of aromatic nitrogens is 1. The Bertz CT molecular complexity index is 1060. The summed E-state index contributed by atoms with van der Waals surface area (Å²) in [6.07, 6.45) is 0.819. The quantitative estimate of drug-likeness (QED) is 0.706. The van der Waals surface area contributed by atoms with Gasteiger partial charge in [0.05, 0.1) is 5.52 Å². The summed E-state index contributed by atoms with van der Waals surface area (Å²) in [5.74, 6) is -0.806. The Hall–Kier alpha value is -2.60. The Morgan fingerprint density at radius 2 is 2.04 bits per heavy atom. The number of aryl methyl sites for hydroxylation is 1. The van der Waals surface area contributed by atoms with Gasteiger partial charge in [-0.2, -0.15) is 0 Å². The number of nitrogens with zero attached hydrogens (tertiary/aromatic N) is 2. The van der Waals surface area contributed by atoms with Gasteiger partial charge in [0.15, 0.2) is 5.58 Å². The summed E-state index contributed by atoms with van der Waals surface area (Å²) in [7, 11) is 0. The minimum absolute atomic E-state index is 0.0461. The fourth-order valence-electron chi connectivity index (χ4n) is 3.35. The van der Waals surface area contributed by atoms with E-state index in [4.69, 9.17) is 16.0 Å². The molecule has 3 aromatic rings. The molecule has 0 bridgehead atoms. The first-order chi connectivity index (χ1) is 12.5.